The molecule has 1 saturated heterocycles. The third kappa shape index (κ3) is 4.95. The number of para-hydroxylation sites is 1. The molecular weight excluding hydrogens is 436 g/mol. The molecule has 0 aliphatic carbocycles. The zero-order valence-electron chi connectivity index (χ0n) is 16.7. The number of hydrogen-bond acceptors (Lipinski definition) is 4. The maximum atomic E-state index is 13.3. The molecule has 31 heavy (non-hydrogen) atoms. The maximum Gasteiger partial charge on any atom is 0.461 e. The van der Waals surface area contributed by atoms with E-state index >= 15 is 0 Å². The van der Waals surface area contributed by atoms with Crippen LogP contribution in [0.4, 0.5) is 23.2 Å². The number of carbonyl (C=O) groups is 2. The Kier molecular flexibility index (Phi) is 6.78. The van der Waals surface area contributed by atoms with Crippen molar-refractivity contribution in [2.75, 3.05) is 25.2 Å². The molecule has 5 nitrogen and oxygen atoms in total. The molecule has 0 saturated carbocycles. The van der Waals surface area contributed by atoms with Crippen LogP contribution in [0.15, 0.2) is 53.4 Å². The van der Waals surface area contributed by atoms with Crippen LogP contribution in [0.25, 0.3) is 0 Å². The Morgan fingerprint density at radius 3 is 2.61 bits per heavy atom. The predicted octanol–water partition coefficient (Wildman–Crippen LogP) is 4.46. The summed E-state index contributed by atoms with van der Waals surface area (Å²) in [6.45, 7) is 0.162. The predicted molar refractivity (Wildman–Crippen MR) is 109 cm³/mol. The van der Waals surface area contributed by atoms with Crippen molar-refractivity contribution in [3.63, 3.8) is 0 Å². The minimum absolute atomic E-state index is 0.162. The lowest BCUT2D eigenvalue weighted by Gasteiger charge is -2.20. The molecule has 3 rings (SSSR count). The number of amides is 2. The maximum absolute atomic E-state index is 13.3. The zero-order chi connectivity index (χ0) is 22.8. The number of hydrogen-bond donors (Lipinski definition) is 1. The molecule has 166 valence electrons. The Morgan fingerprint density at radius 2 is 1.94 bits per heavy atom. The van der Waals surface area contributed by atoms with Crippen LogP contribution in [0.3, 0.4) is 0 Å². The minimum atomic E-state index is -4.65. The Morgan fingerprint density at radius 1 is 1.23 bits per heavy atom. The molecule has 2 atom stereocenters. The smallest absolute Gasteiger partial charge is 0.428 e. The van der Waals surface area contributed by atoms with E-state index < -0.39 is 41.9 Å². The number of nitrogens with zero attached hydrogens (tertiary/aromatic N) is 1. The second-order valence-corrected chi connectivity index (χ2v) is 7.88. The van der Waals surface area contributed by atoms with E-state index in [0.29, 0.717) is 11.3 Å². The van der Waals surface area contributed by atoms with Gasteiger partial charge in [-0.1, -0.05) is 24.3 Å². The number of likely N-dealkylation sites (tertiary alicyclic amines) is 1. The number of anilines is 1. The van der Waals surface area contributed by atoms with Crippen LogP contribution >= 0.6 is 11.8 Å². The van der Waals surface area contributed by atoms with E-state index in [9.17, 15) is 27.2 Å². The van der Waals surface area contributed by atoms with Gasteiger partial charge in [0, 0.05) is 24.4 Å². The molecule has 2 aromatic rings. The van der Waals surface area contributed by atoms with E-state index in [1.54, 1.807) is 18.2 Å². The summed E-state index contributed by atoms with van der Waals surface area (Å²) in [5, 5.41) is 2.76. The third-order valence-corrected chi connectivity index (χ3v) is 5.75. The summed E-state index contributed by atoms with van der Waals surface area (Å²) in [6.07, 6.45) is -6.80. The average molecular weight is 456 g/mol. The van der Waals surface area contributed by atoms with Crippen LogP contribution in [0, 0.1) is 5.92 Å². The number of halogens is 4. The van der Waals surface area contributed by atoms with Crippen molar-refractivity contribution in [2.45, 2.75) is 23.3 Å². The molecule has 2 amide bonds. The van der Waals surface area contributed by atoms with Gasteiger partial charge in [-0.25, -0.2) is 0 Å². The lowest BCUT2D eigenvalue weighted by atomic mass is 9.87. The average Bonchev–Trinajstić information content (AvgIpc) is 3.03. The fourth-order valence-corrected chi connectivity index (χ4v) is 4.02. The van der Waals surface area contributed by atoms with E-state index in [2.05, 4.69) is 10.1 Å². The first kappa shape index (κ1) is 22.9. The van der Waals surface area contributed by atoms with Crippen molar-refractivity contribution >= 4 is 29.3 Å². The Bertz CT molecular complexity index is 973. The molecule has 0 bridgehead atoms. The highest BCUT2D eigenvalue weighted by molar-refractivity contribution is 7.98. The summed E-state index contributed by atoms with van der Waals surface area (Å²) in [6, 6.07) is 12.3. The van der Waals surface area contributed by atoms with Gasteiger partial charge in [0.05, 0.1) is 5.69 Å². The standard InChI is InChI=1S/C21H20F4N2O3S/c1-27-11-14(12-6-5-7-13(10-12)30-21(24,25)20(22)23)17(19(27)29)18(28)26-15-8-3-4-9-16(15)31-2/h3-10,14,17,20H,11H2,1-2H3,(H,26,28)/t14-,17+/m1/s1. The SMILES string of the molecule is CSc1ccccc1NC(=O)[C@H]1C(=O)N(C)C[C@@H]1c1cccc(OC(F)(F)C(F)F)c1. The number of nitrogens with one attached hydrogen (secondary N) is 1. The van der Waals surface area contributed by atoms with Gasteiger partial charge in [-0.05, 0) is 36.1 Å². The van der Waals surface area contributed by atoms with Crippen LogP contribution in [-0.4, -0.2) is 49.1 Å². The molecule has 1 aliphatic heterocycles. The highest BCUT2D eigenvalue weighted by Gasteiger charge is 2.46. The summed E-state index contributed by atoms with van der Waals surface area (Å²) in [5.74, 6) is -3.21. The Labute approximate surface area is 180 Å². The number of rotatable bonds is 7. The fourth-order valence-electron chi connectivity index (χ4n) is 3.46. The van der Waals surface area contributed by atoms with E-state index in [1.807, 2.05) is 18.4 Å². The molecule has 1 N–H and O–H groups in total. The van der Waals surface area contributed by atoms with Crippen LogP contribution in [-0.2, 0) is 9.59 Å². The first-order valence-corrected chi connectivity index (χ1v) is 10.5. The normalized spacial score (nSPS) is 19.1. The van der Waals surface area contributed by atoms with Gasteiger partial charge in [-0.2, -0.15) is 17.6 Å². The summed E-state index contributed by atoms with van der Waals surface area (Å²) in [4.78, 5) is 27.9. The topological polar surface area (TPSA) is 58.6 Å². The highest BCUT2D eigenvalue weighted by Crippen LogP contribution is 2.37. The van der Waals surface area contributed by atoms with Crippen LogP contribution in [0.1, 0.15) is 11.5 Å². The molecule has 1 fully saturated rings. The molecule has 2 aromatic carbocycles. The van der Waals surface area contributed by atoms with Crippen molar-refractivity contribution < 1.29 is 31.9 Å². The molecule has 0 aromatic heterocycles. The van der Waals surface area contributed by atoms with Gasteiger partial charge in [-0.15, -0.1) is 11.8 Å². The number of ether oxygens (including phenoxy) is 1. The molecular formula is C21H20F4N2O3S. The van der Waals surface area contributed by atoms with Gasteiger partial charge in [0.15, 0.2) is 0 Å². The van der Waals surface area contributed by atoms with E-state index in [1.165, 1.54) is 29.8 Å². The molecule has 1 aliphatic rings. The van der Waals surface area contributed by atoms with Gasteiger partial charge >= 0.3 is 12.5 Å². The van der Waals surface area contributed by atoms with Crippen molar-refractivity contribution in [3.8, 4) is 5.75 Å². The zero-order valence-corrected chi connectivity index (χ0v) is 17.5. The number of thioether (sulfide) groups is 1. The molecule has 1 heterocycles. The number of benzene rings is 2. The quantitative estimate of drug-likeness (QED) is 0.380. The second-order valence-electron chi connectivity index (χ2n) is 7.03. The highest BCUT2D eigenvalue weighted by atomic mass is 32.2. The lowest BCUT2D eigenvalue weighted by Crippen LogP contribution is -2.33. The molecule has 0 spiro atoms. The second kappa shape index (κ2) is 9.17. The monoisotopic (exact) mass is 456 g/mol. The Hall–Kier alpha value is -2.75. The first-order valence-electron chi connectivity index (χ1n) is 9.28. The van der Waals surface area contributed by atoms with E-state index in [4.69, 9.17) is 0 Å². The van der Waals surface area contributed by atoms with Crippen molar-refractivity contribution in [3.05, 3.63) is 54.1 Å². The van der Waals surface area contributed by atoms with Crippen LogP contribution in [0.5, 0.6) is 5.75 Å². The van der Waals surface area contributed by atoms with Gasteiger partial charge in [-0.3, -0.25) is 9.59 Å². The minimum Gasteiger partial charge on any atom is -0.428 e. The van der Waals surface area contributed by atoms with Gasteiger partial charge in [0.1, 0.15) is 11.7 Å². The van der Waals surface area contributed by atoms with Crippen molar-refractivity contribution in [1.82, 2.24) is 4.90 Å². The van der Waals surface area contributed by atoms with Crippen LogP contribution in [0.2, 0.25) is 0 Å². The summed E-state index contributed by atoms with van der Waals surface area (Å²) >= 11 is 1.43. The van der Waals surface area contributed by atoms with Crippen molar-refractivity contribution in [2.24, 2.45) is 5.92 Å². The van der Waals surface area contributed by atoms with Gasteiger partial charge in [0.2, 0.25) is 11.8 Å². The van der Waals surface area contributed by atoms with Crippen molar-refractivity contribution in [1.29, 1.82) is 0 Å². The first-order chi connectivity index (χ1) is 14.6. The number of carbonyl (C=O) groups excluding carboxylic acids is 2. The van der Waals surface area contributed by atoms with Gasteiger partial charge < -0.3 is 15.0 Å². The number of alkyl halides is 4. The molecule has 0 radical (unpaired) electrons. The Balaban J connectivity index is 1.87. The van der Waals surface area contributed by atoms with Gasteiger partial charge in [0.25, 0.3) is 0 Å². The fraction of sp³-hybridized carbons (Fsp3) is 0.333. The summed E-state index contributed by atoms with van der Waals surface area (Å²) in [5.41, 5.74) is 0.910. The molecule has 0 unspecified atom stereocenters. The summed E-state index contributed by atoms with van der Waals surface area (Å²) in [7, 11) is 1.53. The van der Waals surface area contributed by atoms with Crippen LogP contribution < -0.4 is 10.1 Å². The molecule has 10 heteroatoms. The third-order valence-electron chi connectivity index (χ3n) is 4.96. The van der Waals surface area contributed by atoms with E-state index in [0.717, 1.165) is 17.0 Å². The van der Waals surface area contributed by atoms with E-state index in [-0.39, 0.29) is 6.54 Å². The number of likely N-dealkylation sites (N-methyl/N-ethyl adjacent to an activating group) is 1. The lowest BCUT2D eigenvalue weighted by molar-refractivity contribution is -0.253. The largest absolute Gasteiger partial charge is 0.461 e. The summed E-state index contributed by atoms with van der Waals surface area (Å²) < 4.78 is 55.6.